The zero-order chi connectivity index (χ0) is 25.1. The van der Waals surface area contributed by atoms with Crippen LogP contribution in [0.15, 0.2) is 65.6 Å². The fourth-order valence-electron chi connectivity index (χ4n) is 4.37. The van der Waals surface area contributed by atoms with E-state index in [9.17, 15) is 17.6 Å². The summed E-state index contributed by atoms with van der Waals surface area (Å²) < 4.78 is 48.8. The molecule has 12 heteroatoms. The van der Waals surface area contributed by atoms with Crippen LogP contribution in [-0.4, -0.2) is 65.1 Å². The molecule has 190 valence electrons. The molecular weight excluding hydrogens is 517 g/mol. The smallest absolute Gasteiger partial charge is 0.314 e. The molecule has 0 spiro atoms. The first-order valence-electron chi connectivity index (χ1n) is 11.2. The molecule has 2 heterocycles. The summed E-state index contributed by atoms with van der Waals surface area (Å²) >= 11 is 7.05. The van der Waals surface area contributed by atoms with Gasteiger partial charge in [-0.25, -0.2) is 12.8 Å². The van der Waals surface area contributed by atoms with Gasteiger partial charge in [0.25, 0.3) is 15.9 Å². The molecule has 0 radical (unpaired) electrons. The highest BCUT2D eigenvalue weighted by Crippen LogP contribution is 2.46. The van der Waals surface area contributed by atoms with E-state index in [2.05, 4.69) is 24.0 Å². The van der Waals surface area contributed by atoms with Crippen molar-refractivity contribution in [1.29, 1.82) is 0 Å². The van der Waals surface area contributed by atoms with E-state index in [0.717, 1.165) is 11.8 Å². The Labute approximate surface area is 214 Å². The van der Waals surface area contributed by atoms with Crippen LogP contribution < -0.4 is 0 Å². The quantitative estimate of drug-likeness (QED) is 0.154. The number of piperidine rings is 1. The Morgan fingerprint density at radius 3 is 2.29 bits per heavy atom. The molecule has 0 N–H and O–H groups in total. The van der Waals surface area contributed by atoms with E-state index in [1.54, 1.807) is 6.07 Å². The Kier molecular flexibility index (Phi) is 8.37. The number of nitrogens with zero attached hydrogens (tertiary/aromatic N) is 3. The van der Waals surface area contributed by atoms with Gasteiger partial charge >= 0.3 is 6.47 Å². The van der Waals surface area contributed by atoms with E-state index in [1.165, 1.54) is 29.8 Å². The Bertz CT molecular complexity index is 1090. The third-order valence-electron chi connectivity index (χ3n) is 6.27. The SMILES string of the molecule is CC(c1ccccc1)N1CCC(O[C@@]2(N(OC=O)S(=O)(=O)c3ccccc3)CS[C@@H](F)N2Cl)CC1. The van der Waals surface area contributed by atoms with E-state index in [1.807, 2.05) is 18.2 Å². The first kappa shape index (κ1) is 26.3. The number of hydrogen-bond acceptors (Lipinski definition) is 8. The van der Waals surface area contributed by atoms with E-state index >= 15 is 0 Å². The van der Waals surface area contributed by atoms with Crippen molar-refractivity contribution in [3.05, 3.63) is 66.2 Å². The number of rotatable bonds is 9. The average Bonchev–Trinajstić information content (AvgIpc) is 3.17. The lowest BCUT2D eigenvalue weighted by atomic mass is 10.0. The molecule has 2 saturated heterocycles. The minimum Gasteiger partial charge on any atom is -0.351 e. The molecule has 2 aliphatic rings. The number of hydroxylamine groups is 1. The van der Waals surface area contributed by atoms with Crippen LogP contribution in [0, 0.1) is 0 Å². The third kappa shape index (κ3) is 5.36. The van der Waals surface area contributed by atoms with Gasteiger partial charge in [-0.2, -0.15) is 0 Å². The van der Waals surface area contributed by atoms with E-state index in [0.29, 0.717) is 34.8 Å². The van der Waals surface area contributed by atoms with Crippen LogP contribution in [0.3, 0.4) is 0 Å². The predicted molar refractivity (Wildman–Crippen MR) is 131 cm³/mol. The van der Waals surface area contributed by atoms with Crippen molar-refractivity contribution in [2.75, 3.05) is 18.8 Å². The first-order valence-corrected chi connectivity index (χ1v) is 14.0. The highest BCUT2D eigenvalue weighted by molar-refractivity contribution is 8.00. The number of hydrogen-bond donors (Lipinski definition) is 0. The number of ether oxygens (including phenoxy) is 1. The van der Waals surface area contributed by atoms with Crippen LogP contribution in [0.25, 0.3) is 0 Å². The van der Waals surface area contributed by atoms with Gasteiger partial charge in [-0.3, -0.25) is 9.69 Å². The minimum atomic E-state index is -4.43. The molecule has 2 fully saturated rings. The number of alkyl halides is 1. The standard InChI is InChI=1S/C23H27ClFN3O5S2/c1-18(19-8-4-2-5-9-19)26-14-12-20(13-15-26)33-23(16-34-22(25)27(23)24)28(32-17-29)35(30,31)21-10-6-3-7-11-21/h2-11,17-18,20,22H,12-16H2,1H3/t18?,22-,23-/m0/s1. The normalized spacial score (nSPS) is 25.5. The molecular formula is C23H27ClFN3O5S2. The van der Waals surface area contributed by atoms with Gasteiger partial charge in [0.2, 0.25) is 5.63 Å². The molecule has 2 aromatic carbocycles. The second-order valence-electron chi connectivity index (χ2n) is 8.34. The Balaban J connectivity index is 1.56. The van der Waals surface area contributed by atoms with Crippen molar-refractivity contribution in [2.45, 2.75) is 48.3 Å². The average molecular weight is 544 g/mol. The number of benzene rings is 2. The second-order valence-corrected chi connectivity index (χ2v) is 11.5. The van der Waals surface area contributed by atoms with Crippen LogP contribution in [0.1, 0.15) is 31.4 Å². The van der Waals surface area contributed by atoms with E-state index in [4.69, 9.17) is 21.4 Å². The molecule has 1 unspecified atom stereocenters. The third-order valence-corrected chi connectivity index (χ3v) is 9.52. The Morgan fingerprint density at radius 1 is 1.14 bits per heavy atom. The number of carbonyl (C=O) groups excluding carboxylic acids is 1. The van der Waals surface area contributed by atoms with Gasteiger partial charge < -0.3 is 9.57 Å². The maximum atomic E-state index is 14.6. The second kappa shape index (κ2) is 11.1. The Morgan fingerprint density at radius 2 is 1.74 bits per heavy atom. The van der Waals surface area contributed by atoms with Crippen molar-refractivity contribution >= 4 is 40.0 Å². The topological polar surface area (TPSA) is 79.4 Å². The largest absolute Gasteiger partial charge is 0.351 e. The number of carbonyl (C=O) groups is 1. The molecule has 0 saturated carbocycles. The van der Waals surface area contributed by atoms with Gasteiger partial charge in [0, 0.05) is 23.6 Å². The lowest BCUT2D eigenvalue weighted by molar-refractivity contribution is -0.291. The molecule has 0 amide bonds. The van der Waals surface area contributed by atoms with Crippen LogP contribution in [0.2, 0.25) is 0 Å². The highest BCUT2D eigenvalue weighted by atomic mass is 35.5. The van der Waals surface area contributed by atoms with Gasteiger partial charge in [0.15, 0.2) is 0 Å². The van der Waals surface area contributed by atoms with Gasteiger partial charge in [-0.15, -0.1) is 16.2 Å². The monoisotopic (exact) mass is 543 g/mol. The predicted octanol–water partition coefficient (Wildman–Crippen LogP) is 4.12. The molecule has 4 rings (SSSR count). The highest BCUT2D eigenvalue weighted by Gasteiger charge is 2.60. The molecule has 8 nitrogen and oxygen atoms in total. The van der Waals surface area contributed by atoms with Crippen LogP contribution in [0.5, 0.6) is 0 Å². The summed E-state index contributed by atoms with van der Waals surface area (Å²) in [6.07, 6.45) is 0.682. The molecule has 35 heavy (non-hydrogen) atoms. The molecule has 2 aromatic rings. The number of sulfonamides is 1. The van der Waals surface area contributed by atoms with E-state index < -0.39 is 27.6 Å². The zero-order valence-corrected chi connectivity index (χ0v) is 21.5. The van der Waals surface area contributed by atoms with Gasteiger partial charge in [0.1, 0.15) is 0 Å². The van der Waals surface area contributed by atoms with Crippen LogP contribution in [-0.2, 0) is 24.4 Å². The molecule has 2 aliphatic heterocycles. The summed E-state index contributed by atoms with van der Waals surface area (Å²) in [6, 6.07) is 17.7. The molecule has 0 aromatic heterocycles. The number of thioether (sulfide) groups is 1. The fourth-order valence-corrected chi connectivity index (χ4v) is 7.29. The van der Waals surface area contributed by atoms with Crippen LogP contribution in [0.4, 0.5) is 4.39 Å². The summed E-state index contributed by atoms with van der Waals surface area (Å²) in [5.41, 5.74) is -0.569. The van der Waals surface area contributed by atoms with Gasteiger partial charge in [0.05, 0.1) is 16.8 Å². The van der Waals surface area contributed by atoms with Crippen molar-refractivity contribution in [1.82, 2.24) is 13.8 Å². The van der Waals surface area contributed by atoms with Gasteiger partial charge in [-0.1, -0.05) is 48.5 Å². The first-order chi connectivity index (χ1) is 16.8. The summed E-state index contributed by atoms with van der Waals surface area (Å²) in [4.78, 5) is 18.5. The maximum absolute atomic E-state index is 14.6. The minimum absolute atomic E-state index is 0.0311. The summed E-state index contributed by atoms with van der Waals surface area (Å²) in [6.45, 7) is 3.47. The number of likely N-dealkylation sites (tertiary alicyclic amines) is 1. The molecule has 0 bridgehead atoms. The fraction of sp³-hybridized carbons (Fsp3) is 0.435. The van der Waals surface area contributed by atoms with Crippen LogP contribution >= 0.6 is 23.5 Å². The van der Waals surface area contributed by atoms with Crippen molar-refractivity contribution in [3.8, 4) is 0 Å². The van der Waals surface area contributed by atoms with Crippen molar-refractivity contribution < 1.29 is 27.2 Å². The maximum Gasteiger partial charge on any atom is 0.314 e. The zero-order valence-electron chi connectivity index (χ0n) is 19.1. The molecule has 0 aliphatic carbocycles. The van der Waals surface area contributed by atoms with Crippen molar-refractivity contribution in [3.63, 3.8) is 0 Å². The summed E-state index contributed by atoms with van der Waals surface area (Å²) in [5.74, 6) is -2.25. The Hall–Kier alpha value is -1.73. The van der Waals surface area contributed by atoms with E-state index in [-0.39, 0.29) is 23.2 Å². The summed E-state index contributed by atoms with van der Waals surface area (Å²) in [7, 11) is -4.43. The number of halogens is 2. The lowest BCUT2D eigenvalue weighted by Crippen LogP contribution is -2.62. The van der Waals surface area contributed by atoms with Crippen molar-refractivity contribution in [2.24, 2.45) is 0 Å². The molecule has 3 atom stereocenters. The summed E-state index contributed by atoms with van der Waals surface area (Å²) in [5, 5.41) is 0. The van der Waals surface area contributed by atoms with Gasteiger partial charge in [-0.05, 0) is 49.2 Å². The lowest BCUT2D eigenvalue weighted by Gasteiger charge is -2.43.